The molecule has 1 aromatic carbocycles. The largest absolute Gasteiger partial charge is 0.480 e. The molecule has 0 spiro atoms. The first-order valence-electron chi connectivity index (χ1n) is 7.36. The number of hydrogen-bond donors (Lipinski definition) is 3. The van der Waals surface area contributed by atoms with Crippen molar-refractivity contribution in [1.29, 1.82) is 0 Å². The van der Waals surface area contributed by atoms with E-state index in [0.717, 1.165) is 6.07 Å². The normalized spacial score (nSPS) is 16.4. The number of rotatable bonds is 6. The number of amides is 2. The van der Waals surface area contributed by atoms with Gasteiger partial charge in [0.1, 0.15) is 11.6 Å². The number of nitrogens with one attached hydrogen (secondary N) is 2. The van der Waals surface area contributed by atoms with Crippen molar-refractivity contribution < 1.29 is 24.4 Å². The van der Waals surface area contributed by atoms with Crippen molar-refractivity contribution in [2.45, 2.75) is 37.8 Å². The van der Waals surface area contributed by atoms with Gasteiger partial charge in [0.05, 0.1) is 4.92 Å². The summed E-state index contributed by atoms with van der Waals surface area (Å²) in [6, 6.07) is 4.13. The average molecular weight is 335 g/mol. The third-order valence-electron chi connectivity index (χ3n) is 4.04. The van der Waals surface area contributed by atoms with Crippen LogP contribution in [0, 0.1) is 10.1 Å². The van der Waals surface area contributed by atoms with E-state index in [-0.39, 0.29) is 11.3 Å². The topological polar surface area (TPSA) is 139 Å². The maximum absolute atomic E-state index is 12.1. The number of benzene rings is 1. The minimum Gasteiger partial charge on any atom is -0.480 e. The highest BCUT2D eigenvalue weighted by atomic mass is 16.6. The van der Waals surface area contributed by atoms with Gasteiger partial charge in [-0.1, -0.05) is 6.07 Å². The molecular formula is C15H17N3O6. The van der Waals surface area contributed by atoms with Crippen molar-refractivity contribution in [3.8, 4) is 0 Å². The SMILES string of the molecule is CC(NC(=O)c1cccc([N+](=O)[O-])c1)C(=O)NC1(C(=O)O)CCC1. The van der Waals surface area contributed by atoms with E-state index >= 15 is 0 Å². The van der Waals surface area contributed by atoms with E-state index in [9.17, 15) is 29.6 Å². The Morgan fingerprint density at radius 3 is 2.50 bits per heavy atom. The molecule has 1 aliphatic rings. The van der Waals surface area contributed by atoms with Crippen LogP contribution in [0.15, 0.2) is 24.3 Å². The number of aliphatic carboxylic acids is 1. The van der Waals surface area contributed by atoms with E-state index in [1.165, 1.54) is 25.1 Å². The van der Waals surface area contributed by atoms with Crippen molar-refractivity contribution >= 4 is 23.5 Å². The van der Waals surface area contributed by atoms with Crippen LogP contribution >= 0.6 is 0 Å². The van der Waals surface area contributed by atoms with Crippen molar-refractivity contribution in [2.24, 2.45) is 0 Å². The van der Waals surface area contributed by atoms with E-state index < -0.39 is 34.3 Å². The second-order valence-electron chi connectivity index (χ2n) is 5.73. The molecule has 9 nitrogen and oxygen atoms in total. The quantitative estimate of drug-likeness (QED) is 0.520. The number of carbonyl (C=O) groups excluding carboxylic acids is 2. The zero-order valence-corrected chi connectivity index (χ0v) is 12.9. The maximum Gasteiger partial charge on any atom is 0.329 e. The molecule has 1 saturated carbocycles. The number of nitro benzene ring substituents is 1. The second kappa shape index (κ2) is 6.65. The van der Waals surface area contributed by atoms with Crippen LogP contribution in [-0.4, -0.2) is 39.4 Å². The number of nitrogens with zero attached hydrogens (tertiary/aromatic N) is 1. The fourth-order valence-corrected chi connectivity index (χ4v) is 2.37. The fraction of sp³-hybridized carbons (Fsp3) is 0.400. The van der Waals surface area contributed by atoms with Gasteiger partial charge in [0.25, 0.3) is 11.6 Å². The molecule has 3 N–H and O–H groups in total. The van der Waals surface area contributed by atoms with Crippen molar-refractivity contribution in [1.82, 2.24) is 10.6 Å². The minimum atomic E-state index is -1.26. The Bertz CT molecular complexity index is 698. The summed E-state index contributed by atoms with van der Waals surface area (Å²) in [7, 11) is 0. The molecule has 0 saturated heterocycles. The molecule has 24 heavy (non-hydrogen) atoms. The number of non-ortho nitro benzene ring substituents is 1. The smallest absolute Gasteiger partial charge is 0.329 e. The highest BCUT2D eigenvalue weighted by molar-refractivity contribution is 5.98. The first-order valence-corrected chi connectivity index (χ1v) is 7.36. The third-order valence-corrected chi connectivity index (χ3v) is 4.04. The molecule has 0 aliphatic heterocycles. The highest BCUT2D eigenvalue weighted by Crippen LogP contribution is 2.32. The summed E-state index contributed by atoms with van der Waals surface area (Å²) in [6.45, 7) is 1.42. The van der Waals surface area contributed by atoms with Gasteiger partial charge in [0, 0.05) is 17.7 Å². The van der Waals surface area contributed by atoms with Gasteiger partial charge in [-0.25, -0.2) is 4.79 Å². The molecule has 2 rings (SSSR count). The highest BCUT2D eigenvalue weighted by Gasteiger charge is 2.46. The second-order valence-corrected chi connectivity index (χ2v) is 5.73. The summed E-state index contributed by atoms with van der Waals surface area (Å²) in [6.07, 6.45) is 1.40. The molecule has 2 amide bonds. The van der Waals surface area contributed by atoms with E-state index in [2.05, 4.69) is 10.6 Å². The Kier molecular flexibility index (Phi) is 4.82. The molecule has 1 fully saturated rings. The standard InChI is InChI=1S/C15H17N3O6/c1-9(12(19)17-15(14(21)22)6-3-7-15)16-13(20)10-4-2-5-11(8-10)18(23)24/h2,4-5,8-9H,3,6-7H2,1H3,(H,16,20)(H,17,19)(H,21,22). The molecule has 0 aromatic heterocycles. The van der Waals surface area contributed by atoms with Gasteiger partial charge in [-0.3, -0.25) is 19.7 Å². The molecule has 1 unspecified atom stereocenters. The summed E-state index contributed by atoms with van der Waals surface area (Å²) in [5.74, 6) is -2.37. The molecule has 9 heteroatoms. The van der Waals surface area contributed by atoms with Gasteiger partial charge < -0.3 is 15.7 Å². The Balaban J connectivity index is 2.01. The van der Waals surface area contributed by atoms with Gasteiger partial charge in [0.15, 0.2) is 0 Å². The Hall–Kier alpha value is -2.97. The summed E-state index contributed by atoms with van der Waals surface area (Å²) in [5, 5.41) is 24.8. The minimum absolute atomic E-state index is 0.0421. The number of hydrogen-bond acceptors (Lipinski definition) is 5. The van der Waals surface area contributed by atoms with Gasteiger partial charge in [-0.05, 0) is 32.3 Å². The molecule has 0 radical (unpaired) electrons. The number of carbonyl (C=O) groups is 3. The molecule has 0 bridgehead atoms. The van der Waals surface area contributed by atoms with E-state index in [1.54, 1.807) is 0 Å². The lowest BCUT2D eigenvalue weighted by atomic mass is 9.76. The lowest BCUT2D eigenvalue weighted by molar-refractivity contribution is -0.384. The number of nitro groups is 1. The van der Waals surface area contributed by atoms with Gasteiger partial charge in [0.2, 0.25) is 5.91 Å². The van der Waals surface area contributed by atoms with Gasteiger partial charge in [-0.15, -0.1) is 0 Å². The molecule has 1 aromatic rings. The van der Waals surface area contributed by atoms with Crippen LogP contribution < -0.4 is 10.6 Å². The summed E-state index contributed by atoms with van der Waals surface area (Å²) in [4.78, 5) is 45.5. The van der Waals surface area contributed by atoms with Gasteiger partial charge in [-0.2, -0.15) is 0 Å². The summed E-state index contributed by atoms with van der Waals surface area (Å²) in [5.41, 5.74) is -1.46. The van der Waals surface area contributed by atoms with Crippen LogP contribution in [0.4, 0.5) is 5.69 Å². The van der Waals surface area contributed by atoms with Crippen LogP contribution in [0.3, 0.4) is 0 Å². The van der Waals surface area contributed by atoms with Crippen molar-refractivity contribution in [3.05, 3.63) is 39.9 Å². The number of carboxylic acid groups (broad SMARTS) is 1. The molecule has 1 atom stereocenters. The Morgan fingerprint density at radius 2 is 2.00 bits per heavy atom. The molecule has 1 aliphatic carbocycles. The lowest BCUT2D eigenvalue weighted by Gasteiger charge is -2.38. The monoisotopic (exact) mass is 335 g/mol. The van der Waals surface area contributed by atoms with E-state index in [0.29, 0.717) is 19.3 Å². The summed E-state index contributed by atoms with van der Waals surface area (Å²) < 4.78 is 0. The molecule has 0 heterocycles. The van der Waals surface area contributed by atoms with E-state index in [4.69, 9.17) is 0 Å². The maximum atomic E-state index is 12.1. The van der Waals surface area contributed by atoms with Crippen LogP contribution in [0.5, 0.6) is 0 Å². The molecule has 128 valence electrons. The first kappa shape index (κ1) is 17.4. The van der Waals surface area contributed by atoms with E-state index in [1.807, 2.05) is 0 Å². The zero-order valence-electron chi connectivity index (χ0n) is 12.9. The van der Waals surface area contributed by atoms with Crippen LogP contribution in [0.1, 0.15) is 36.5 Å². The lowest BCUT2D eigenvalue weighted by Crippen LogP contribution is -2.62. The first-order chi connectivity index (χ1) is 11.2. The predicted molar refractivity (Wildman–Crippen MR) is 82.4 cm³/mol. The predicted octanol–water partition coefficient (Wildman–Crippen LogP) is 0.837. The fourth-order valence-electron chi connectivity index (χ4n) is 2.37. The van der Waals surface area contributed by atoms with Crippen LogP contribution in [0.25, 0.3) is 0 Å². The zero-order chi connectivity index (χ0) is 17.9. The van der Waals surface area contributed by atoms with Crippen LogP contribution in [0.2, 0.25) is 0 Å². The van der Waals surface area contributed by atoms with Crippen LogP contribution in [-0.2, 0) is 9.59 Å². The average Bonchev–Trinajstić information content (AvgIpc) is 2.50. The Labute approximate surface area is 137 Å². The van der Waals surface area contributed by atoms with Crippen molar-refractivity contribution in [2.75, 3.05) is 0 Å². The number of carboxylic acids is 1. The third kappa shape index (κ3) is 3.50. The Morgan fingerprint density at radius 1 is 1.33 bits per heavy atom. The van der Waals surface area contributed by atoms with Gasteiger partial charge >= 0.3 is 5.97 Å². The van der Waals surface area contributed by atoms with Crippen molar-refractivity contribution in [3.63, 3.8) is 0 Å². The molecular weight excluding hydrogens is 318 g/mol. The summed E-state index contributed by atoms with van der Waals surface area (Å²) >= 11 is 0.